The molecule has 2 heterocycles. The number of carbonyl (C=O) groups excluding carboxylic acids is 1. The van der Waals surface area contributed by atoms with E-state index in [4.69, 9.17) is 0 Å². The van der Waals surface area contributed by atoms with Crippen molar-refractivity contribution in [3.8, 4) is 0 Å². The topological polar surface area (TPSA) is 93.9 Å². The Bertz CT molecular complexity index is 1150. The summed E-state index contributed by atoms with van der Waals surface area (Å²) in [7, 11) is 1.84. The third kappa shape index (κ3) is 4.57. The van der Waals surface area contributed by atoms with E-state index in [9.17, 15) is 22.8 Å². The smallest absolute Gasteiger partial charge is 0.323 e. The van der Waals surface area contributed by atoms with E-state index in [2.05, 4.69) is 20.3 Å². The highest BCUT2D eigenvalue weighted by Gasteiger charge is 2.36. The highest BCUT2D eigenvalue weighted by molar-refractivity contribution is 5.97. The third-order valence-electron chi connectivity index (χ3n) is 5.70. The normalized spacial score (nSPS) is 16.4. The number of aromatic amines is 2. The standard InChI is InChI=1S/C21H22F3N5O2/c1-29(14-4-6-21(23,24)7-5-14)17-3-2-12(10-25-17)11-26-19(30)13-8-15(22)18-16(9-13)27-20(31)28-18/h2-3,8-10,14H,4-7,11H2,1H3,(H,26,30)(H2,27,28,31). The lowest BCUT2D eigenvalue weighted by molar-refractivity contribution is -0.0378. The van der Waals surface area contributed by atoms with Gasteiger partial charge >= 0.3 is 5.69 Å². The molecule has 1 saturated carbocycles. The van der Waals surface area contributed by atoms with Gasteiger partial charge in [-0.05, 0) is 36.6 Å². The lowest BCUT2D eigenvalue weighted by Crippen LogP contribution is -2.38. The number of amides is 1. The van der Waals surface area contributed by atoms with E-state index in [0.717, 1.165) is 11.6 Å². The number of carbonyl (C=O) groups is 1. The molecular formula is C21H22F3N5O2. The van der Waals surface area contributed by atoms with Gasteiger partial charge in [-0.25, -0.2) is 22.9 Å². The van der Waals surface area contributed by atoms with Crippen LogP contribution in [-0.2, 0) is 6.54 Å². The van der Waals surface area contributed by atoms with Gasteiger partial charge in [-0.2, -0.15) is 0 Å². The zero-order valence-electron chi connectivity index (χ0n) is 16.8. The molecule has 1 amide bonds. The number of H-pyrrole nitrogens is 2. The molecule has 0 atom stereocenters. The monoisotopic (exact) mass is 433 g/mol. The minimum absolute atomic E-state index is 0.0161. The number of rotatable bonds is 5. The second kappa shape index (κ2) is 8.09. The molecule has 3 aromatic rings. The number of nitrogens with one attached hydrogen (secondary N) is 3. The number of halogens is 3. The molecule has 2 aromatic heterocycles. The van der Waals surface area contributed by atoms with E-state index in [-0.39, 0.29) is 42.0 Å². The number of anilines is 1. The first-order valence-electron chi connectivity index (χ1n) is 9.97. The molecule has 1 aliphatic rings. The first kappa shape index (κ1) is 21.0. The van der Waals surface area contributed by atoms with Crippen LogP contribution in [0.4, 0.5) is 19.0 Å². The molecule has 3 N–H and O–H groups in total. The van der Waals surface area contributed by atoms with Crippen molar-refractivity contribution in [3.05, 3.63) is 57.9 Å². The molecule has 1 fully saturated rings. The fourth-order valence-electron chi connectivity index (χ4n) is 3.84. The maximum absolute atomic E-state index is 14.1. The molecule has 0 bridgehead atoms. The van der Waals surface area contributed by atoms with Crippen LogP contribution in [0.15, 0.2) is 35.3 Å². The van der Waals surface area contributed by atoms with E-state index in [1.165, 1.54) is 6.07 Å². The molecule has 0 radical (unpaired) electrons. The van der Waals surface area contributed by atoms with Crippen LogP contribution in [0.1, 0.15) is 41.6 Å². The Labute approximate surface area is 175 Å². The zero-order valence-corrected chi connectivity index (χ0v) is 16.8. The maximum Gasteiger partial charge on any atom is 0.323 e. The van der Waals surface area contributed by atoms with Crippen molar-refractivity contribution in [2.24, 2.45) is 0 Å². The highest BCUT2D eigenvalue weighted by atomic mass is 19.3. The van der Waals surface area contributed by atoms with E-state index < -0.39 is 23.3 Å². The average molecular weight is 433 g/mol. The van der Waals surface area contributed by atoms with Gasteiger partial charge in [0, 0.05) is 44.2 Å². The first-order chi connectivity index (χ1) is 14.7. The maximum atomic E-state index is 14.1. The van der Waals surface area contributed by atoms with Crippen molar-refractivity contribution in [1.82, 2.24) is 20.3 Å². The van der Waals surface area contributed by atoms with E-state index in [0.29, 0.717) is 18.7 Å². The number of hydrogen-bond donors (Lipinski definition) is 3. The van der Waals surface area contributed by atoms with Gasteiger partial charge in [-0.3, -0.25) is 4.79 Å². The van der Waals surface area contributed by atoms with Gasteiger partial charge < -0.3 is 20.2 Å². The third-order valence-corrected chi connectivity index (χ3v) is 5.70. The quantitative estimate of drug-likeness (QED) is 0.575. The lowest BCUT2D eigenvalue weighted by atomic mass is 9.91. The molecule has 31 heavy (non-hydrogen) atoms. The molecule has 7 nitrogen and oxygen atoms in total. The van der Waals surface area contributed by atoms with Crippen LogP contribution in [0.5, 0.6) is 0 Å². The number of alkyl halides is 2. The van der Waals surface area contributed by atoms with Gasteiger partial charge in [0.1, 0.15) is 17.2 Å². The van der Waals surface area contributed by atoms with Crippen LogP contribution >= 0.6 is 0 Å². The number of fused-ring (bicyclic) bond motifs is 1. The summed E-state index contributed by atoms with van der Waals surface area (Å²) in [5.41, 5.74) is 0.497. The van der Waals surface area contributed by atoms with Gasteiger partial charge in [-0.15, -0.1) is 0 Å². The van der Waals surface area contributed by atoms with Crippen LogP contribution in [0.25, 0.3) is 11.0 Å². The van der Waals surface area contributed by atoms with Crippen LogP contribution in [0, 0.1) is 5.82 Å². The Balaban J connectivity index is 1.37. The van der Waals surface area contributed by atoms with Crippen LogP contribution in [-0.4, -0.2) is 39.9 Å². The number of pyridine rings is 1. The van der Waals surface area contributed by atoms with Crippen molar-refractivity contribution in [2.45, 2.75) is 44.2 Å². The predicted octanol–water partition coefficient (Wildman–Crippen LogP) is 3.33. The molecule has 0 saturated heterocycles. The fourth-order valence-corrected chi connectivity index (χ4v) is 3.84. The van der Waals surface area contributed by atoms with Crippen molar-refractivity contribution >= 4 is 22.8 Å². The Morgan fingerprint density at radius 1 is 1.26 bits per heavy atom. The fraction of sp³-hybridized carbons (Fsp3) is 0.381. The first-order valence-corrected chi connectivity index (χ1v) is 9.97. The van der Waals surface area contributed by atoms with E-state index >= 15 is 0 Å². The minimum Gasteiger partial charge on any atom is -0.357 e. The Morgan fingerprint density at radius 2 is 2.00 bits per heavy atom. The number of aromatic nitrogens is 3. The molecule has 1 aromatic carbocycles. The van der Waals surface area contributed by atoms with Gasteiger partial charge in [0.25, 0.3) is 5.91 Å². The summed E-state index contributed by atoms with van der Waals surface area (Å²) in [5.74, 6) is -3.09. The molecule has 0 unspecified atom stereocenters. The summed E-state index contributed by atoms with van der Waals surface area (Å²) in [6.07, 6.45) is 2.20. The summed E-state index contributed by atoms with van der Waals surface area (Å²) in [5, 5.41) is 2.69. The Morgan fingerprint density at radius 3 is 2.68 bits per heavy atom. The van der Waals surface area contributed by atoms with E-state index in [1.807, 2.05) is 11.9 Å². The average Bonchev–Trinajstić information content (AvgIpc) is 3.13. The number of benzene rings is 1. The molecule has 1 aliphatic carbocycles. The SMILES string of the molecule is CN(c1ccc(CNC(=O)c2cc(F)c3[nH]c(=O)[nH]c3c2)cn1)C1CCC(F)(F)CC1. The van der Waals surface area contributed by atoms with Crippen LogP contribution in [0.3, 0.4) is 0 Å². The summed E-state index contributed by atoms with van der Waals surface area (Å²) in [6, 6.07) is 6.05. The number of imidazole rings is 1. The second-order valence-electron chi connectivity index (χ2n) is 7.87. The summed E-state index contributed by atoms with van der Waals surface area (Å²) in [4.78, 5) is 34.7. The van der Waals surface area contributed by atoms with Gasteiger partial charge in [-0.1, -0.05) is 6.07 Å². The van der Waals surface area contributed by atoms with Crippen molar-refractivity contribution in [1.29, 1.82) is 0 Å². The molecule has 164 valence electrons. The summed E-state index contributed by atoms with van der Waals surface area (Å²) < 4.78 is 40.8. The highest BCUT2D eigenvalue weighted by Crippen LogP contribution is 2.35. The Hall–Kier alpha value is -3.30. The summed E-state index contributed by atoms with van der Waals surface area (Å²) in [6.45, 7) is 0.175. The largest absolute Gasteiger partial charge is 0.357 e. The Kier molecular flexibility index (Phi) is 5.47. The van der Waals surface area contributed by atoms with E-state index in [1.54, 1.807) is 18.3 Å². The van der Waals surface area contributed by atoms with Crippen molar-refractivity contribution < 1.29 is 18.0 Å². The van der Waals surface area contributed by atoms with Gasteiger partial charge in [0.15, 0.2) is 0 Å². The number of nitrogens with zero attached hydrogens (tertiary/aromatic N) is 2. The summed E-state index contributed by atoms with van der Waals surface area (Å²) >= 11 is 0. The number of hydrogen-bond acceptors (Lipinski definition) is 4. The van der Waals surface area contributed by atoms with Gasteiger partial charge in [0.05, 0.1) is 5.52 Å². The predicted molar refractivity (Wildman–Crippen MR) is 110 cm³/mol. The minimum atomic E-state index is -2.57. The molecule has 10 heteroatoms. The molecule has 0 aliphatic heterocycles. The van der Waals surface area contributed by atoms with Crippen molar-refractivity contribution in [2.75, 3.05) is 11.9 Å². The molecular weight excluding hydrogens is 411 g/mol. The lowest BCUT2D eigenvalue weighted by Gasteiger charge is -2.35. The molecule has 4 rings (SSSR count). The van der Waals surface area contributed by atoms with Crippen LogP contribution < -0.4 is 15.9 Å². The van der Waals surface area contributed by atoms with Gasteiger partial charge in [0.2, 0.25) is 5.92 Å². The second-order valence-corrected chi connectivity index (χ2v) is 7.87. The molecule has 0 spiro atoms. The van der Waals surface area contributed by atoms with Crippen LogP contribution in [0.2, 0.25) is 0 Å². The zero-order chi connectivity index (χ0) is 22.2. The van der Waals surface area contributed by atoms with Crippen molar-refractivity contribution in [3.63, 3.8) is 0 Å².